The third-order valence-electron chi connectivity index (χ3n) is 4.77. The molecule has 0 spiro atoms. The standard InChI is InChI=1S/C20H22ClN3O2/c1-5-10(3)17-13(9-12(21)6-2)15(19(22)26)20-23-16-14(25)8-7-11(4)18(16)24(17)20/h6-9,23,25H,5H2,1-4H3,(H2,22,26)/b12-6+,13-9-,17-10?. The van der Waals surface area contributed by atoms with Gasteiger partial charge >= 0.3 is 0 Å². The van der Waals surface area contributed by atoms with E-state index in [4.69, 9.17) is 17.3 Å². The zero-order valence-corrected chi connectivity index (χ0v) is 16.0. The van der Waals surface area contributed by atoms with E-state index < -0.39 is 5.91 Å². The smallest absolute Gasteiger partial charge is 0.253 e. The van der Waals surface area contributed by atoms with Crippen LogP contribution in [0.15, 0.2) is 23.2 Å². The first kappa shape index (κ1) is 18.1. The fraction of sp³-hybridized carbons (Fsp3) is 0.250. The van der Waals surface area contributed by atoms with Crippen molar-refractivity contribution in [2.24, 2.45) is 5.73 Å². The molecule has 6 heteroatoms. The number of aromatic amines is 1. The number of hydrogen-bond donors (Lipinski definition) is 3. The zero-order valence-electron chi connectivity index (χ0n) is 15.3. The molecular weight excluding hydrogens is 350 g/mol. The minimum absolute atomic E-state index is 0.127. The molecule has 0 aliphatic carbocycles. The van der Waals surface area contributed by atoms with E-state index in [1.807, 2.05) is 31.2 Å². The molecule has 3 rings (SSSR count). The molecule has 0 saturated heterocycles. The molecule has 2 aromatic heterocycles. The molecule has 0 unspecified atom stereocenters. The number of amides is 1. The first-order chi connectivity index (χ1) is 12.3. The maximum Gasteiger partial charge on any atom is 0.253 e. The molecule has 2 heterocycles. The van der Waals surface area contributed by atoms with Crippen LogP contribution in [0.3, 0.4) is 0 Å². The number of H-pyrrole nitrogens is 1. The number of nitrogens with two attached hydrogens (primary N) is 1. The molecule has 5 nitrogen and oxygen atoms in total. The molecule has 1 aromatic carbocycles. The molecule has 1 amide bonds. The second-order valence-electron chi connectivity index (χ2n) is 6.39. The summed E-state index contributed by atoms with van der Waals surface area (Å²) in [6.45, 7) is 7.87. The second kappa shape index (κ2) is 6.57. The van der Waals surface area contributed by atoms with Gasteiger partial charge in [0, 0.05) is 10.3 Å². The van der Waals surface area contributed by atoms with Crippen molar-refractivity contribution in [2.75, 3.05) is 0 Å². The molecular formula is C20H22ClN3O2. The Hall–Kier alpha value is -2.66. The van der Waals surface area contributed by atoms with Crippen LogP contribution in [0.5, 0.6) is 5.75 Å². The number of aromatic nitrogens is 2. The van der Waals surface area contributed by atoms with Crippen LogP contribution in [0.2, 0.25) is 0 Å². The van der Waals surface area contributed by atoms with Crippen LogP contribution in [0.4, 0.5) is 0 Å². The average molecular weight is 372 g/mol. The number of carbonyl (C=O) groups excluding carboxylic acids is 1. The van der Waals surface area contributed by atoms with Gasteiger partial charge in [0.1, 0.15) is 16.9 Å². The summed E-state index contributed by atoms with van der Waals surface area (Å²) in [7, 11) is 0. The molecule has 136 valence electrons. The first-order valence-electron chi connectivity index (χ1n) is 8.49. The van der Waals surface area contributed by atoms with E-state index >= 15 is 0 Å². The lowest BCUT2D eigenvalue weighted by molar-refractivity contribution is 0.100. The Morgan fingerprint density at radius 1 is 1.42 bits per heavy atom. The number of nitrogens with one attached hydrogen (secondary N) is 1. The molecule has 0 fully saturated rings. The van der Waals surface area contributed by atoms with Gasteiger partial charge in [-0.3, -0.25) is 9.20 Å². The summed E-state index contributed by atoms with van der Waals surface area (Å²) in [5.74, 6) is -0.421. The topological polar surface area (TPSA) is 83.5 Å². The lowest BCUT2D eigenvalue weighted by Gasteiger charge is -2.02. The highest BCUT2D eigenvalue weighted by atomic mass is 35.5. The normalized spacial score (nSPS) is 14.5. The van der Waals surface area contributed by atoms with Gasteiger partial charge in [0.25, 0.3) is 5.91 Å². The van der Waals surface area contributed by atoms with Crippen LogP contribution in [0.1, 0.15) is 43.1 Å². The highest BCUT2D eigenvalue weighted by Crippen LogP contribution is 2.28. The quantitative estimate of drug-likeness (QED) is 0.661. The van der Waals surface area contributed by atoms with Crippen molar-refractivity contribution in [2.45, 2.75) is 34.1 Å². The van der Waals surface area contributed by atoms with Gasteiger partial charge in [0.05, 0.1) is 16.4 Å². The highest BCUT2D eigenvalue weighted by molar-refractivity contribution is 6.34. The van der Waals surface area contributed by atoms with Crippen molar-refractivity contribution in [1.29, 1.82) is 0 Å². The Bertz CT molecular complexity index is 1200. The van der Waals surface area contributed by atoms with Crippen molar-refractivity contribution in [3.8, 4) is 5.75 Å². The second-order valence-corrected chi connectivity index (χ2v) is 6.82. The summed E-state index contributed by atoms with van der Waals surface area (Å²) in [6.07, 6.45) is 4.32. The van der Waals surface area contributed by atoms with Crippen molar-refractivity contribution in [3.63, 3.8) is 0 Å². The fourth-order valence-corrected chi connectivity index (χ4v) is 3.45. The SMILES string of the molecule is C/C=C(Cl)\C=c1\c(C(N)=O)c2[nH]c3c(O)ccc(C)c3n2c1=C(C)CC. The van der Waals surface area contributed by atoms with E-state index in [2.05, 4.69) is 11.9 Å². The number of aromatic hydroxyl groups is 1. The molecule has 0 aliphatic heterocycles. The van der Waals surface area contributed by atoms with E-state index in [1.54, 1.807) is 18.2 Å². The minimum atomic E-state index is -0.548. The van der Waals surface area contributed by atoms with Gasteiger partial charge in [-0.2, -0.15) is 0 Å². The van der Waals surface area contributed by atoms with Crippen molar-refractivity contribution in [1.82, 2.24) is 9.38 Å². The lowest BCUT2D eigenvalue weighted by atomic mass is 10.1. The maximum atomic E-state index is 12.3. The summed E-state index contributed by atoms with van der Waals surface area (Å²) in [6, 6.07) is 3.49. The third-order valence-corrected chi connectivity index (χ3v) is 5.10. The summed E-state index contributed by atoms with van der Waals surface area (Å²) in [5, 5.41) is 12.4. The van der Waals surface area contributed by atoms with Crippen LogP contribution in [0, 0.1) is 6.92 Å². The Balaban J connectivity index is 2.78. The number of aryl methyl sites for hydroxylation is 1. The van der Waals surface area contributed by atoms with Crippen molar-refractivity contribution in [3.05, 3.63) is 44.9 Å². The molecule has 26 heavy (non-hydrogen) atoms. The molecule has 0 atom stereocenters. The summed E-state index contributed by atoms with van der Waals surface area (Å²) in [5.41, 5.74) is 10.1. The Kier molecular flexibility index (Phi) is 4.59. The number of hydrogen-bond acceptors (Lipinski definition) is 2. The zero-order chi connectivity index (χ0) is 19.2. The van der Waals surface area contributed by atoms with Crippen LogP contribution >= 0.6 is 11.6 Å². The lowest BCUT2D eigenvalue weighted by Crippen LogP contribution is -2.32. The van der Waals surface area contributed by atoms with E-state index in [0.717, 1.165) is 28.4 Å². The van der Waals surface area contributed by atoms with Gasteiger partial charge in [-0.1, -0.05) is 30.7 Å². The number of imidazole rings is 1. The largest absolute Gasteiger partial charge is 0.506 e. The molecule has 3 aromatic rings. The van der Waals surface area contributed by atoms with Gasteiger partial charge in [0.2, 0.25) is 0 Å². The van der Waals surface area contributed by atoms with Gasteiger partial charge < -0.3 is 15.8 Å². The number of rotatable bonds is 3. The summed E-state index contributed by atoms with van der Waals surface area (Å²) in [4.78, 5) is 15.5. The highest BCUT2D eigenvalue weighted by Gasteiger charge is 2.21. The molecule has 4 N–H and O–H groups in total. The minimum Gasteiger partial charge on any atom is -0.506 e. The predicted molar refractivity (Wildman–Crippen MR) is 107 cm³/mol. The number of phenolic OH excluding ortho intramolecular Hbond substituents is 1. The van der Waals surface area contributed by atoms with Crippen LogP contribution in [-0.2, 0) is 0 Å². The molecule has 0 bridgehead atoms. The maximum absolute atomic E-state index is 12.3. The number of fused-ring (bicyclic) bond motifs is 3. The number of carbonyl (C=O) groups is 1. The van der Waals surface area contributed by atoms with Crippen molar-refractivity contribution < 1.29 is 9.90 Å². The van der Waals surface area contributed by atoms with Gasteiger partial charge in [-0.15, -0.1) is 0 Å². The number of allylic oxidation sites excluding steroid dienone is 2. The average Bonchev–Trinajstić information content (AvgIpc) is 3.12. The number of primary amides is 1. The predicted octanol–water partition coefficient (Wildman–Crippen LogP) is 3.04. The van der Waals surface area contributed by atoms with E-state index in [9.17, 15) is 9.90 Å². The Morgan fingerprint density at radius 3 is 2.69 bits per heavy atom. The van der Waals surface area contributed by atoms with Crippen LogP contribution < -0.4 is 16.3 Å². The number of benzene rings is 1. The summed E-state index contributed by atoms with van der Waals surface area (Å²) >= 11 is 6.25. The van der Waals surface area contributed by atoms with Gasteiger partial charge in [-0.05, 0) is 50.5 Å². The van der Waals surface area contributed by atoms with E-state index in [1.165, 1.54) is 0 Å². The van der Waals surface area contributed by atoms with Crippen molar-refractivity contribution >= 4 is 45.8 Å². The summed E-state index contributed by atoms with van der Waals surface area (Å²) < 4.78 is 1.97. The Morgan fingerprint density at radius 2 is 2.12 bits per heavy atom. The number of phenols is 1. The van der Waals surface area contributed by atoms with Crippen LogP contribution in [0.25, 0.3) is 28.3 Å². The van der Waals surface area contributed by atoms with Gasteiger partial charge in [0.15, 0.2) is 0 Å². The molecule has 0 saturated carbocycles. The number of nitrogens with zero attached hydrogens (tertiary/aromatic N) is 1. The Labute approximate surface area is 156 Å². The molecule has 0 aliphatic rings. The number of halogens is 1. The van der Waals surface area contributed by atoms with Crippen LogP contribution in [-0.4, -0.2) is 20.4 Å². The monoisotopic (exact) mass is 371 g/mol. The van der Waals surface area contributed by atoms with E-state index in [0.29, 0.717) is 27.0 Å². The molecule has 0 radical (unpaired) electrons. The fourth-order valence-electron chi connectivity index (χ4n) is 3.35. The first-order valence-corrected chi connectivity index (χ1v) is 8.87. The van der Waals surface area contributed by atoms with Gasteiger partial charge in [-0.25, -0.2) is 0 Å². The van der Waals surface area contributed by atoms with E-state index in [-0.39, 0.29) is 5.75 Å². The third kappa shape index (κ3) is 2.59.